The molecule has 0 bridgehead atoms. The van der Waals surface area contributed by atoms with E-state index in [-0.39, 0.29) is 0 Å². The van der Waals surface area contributed by atoms with Crippen LogP contribution in [0.2, 0.25) is 0 Å². The van der Waals surface area contributed by atoms with Crippen LogP contribution in [0, 0.1) is 5.92 Å². The maximum atomic E-state index is 4.37. The normalized spacial score (nSPS) is 21.3. The predicted molar refractivity (Wildman–Crippen MR) is 71.0 cm³/mol. The third-order valence-corrected chi connectivity index (χ3v) is 3.98. The molecule has 0 aromatic carbocycles. The molecule has 1 N–H and O–H groups in total. The minimum absolute atomic E-state index is 0.626. The zero-order valence-electron chi connectivity index (χ0n) is 10.1. The van der Waals surface area contributed by atoms with Crippen molar-refractivity contribution in [3.8, 4) is 0 Å². The van der Waals surface area contributed by atoms with Gasteiger partial charge in [0.25, 0.3) is 0 Å². The van der Waals surface area contributed by atoms with Crippen LogP contribution in [-0.4, -0.2) is 27.3 Å². The molecule has 0 unspecified atom stereocenters. The van der Waals surface area contributed by atoms with E-state index in [2.05, 4.69) is 46.8 Å². The molecule has 0 amide bonds. The van der Waals surface area contributed by atoms with Crippen LogP contribution in [-0.2, 0) is 6.54 Å². The molecule has 1 saturated heterocycles. The molecule has 0 radical (unpaired) electrons. The highest BCUT2D eigenvalue weighted by Gasteiger charge is 2.15. The van der Waals surface area contributed by atoms with E-state index in [1.807, 2.05) is 6.20 Å². The Kier molecular flexibility index (Phi) is 4.16. The second kappa shape index (κ2) is 5.62. The number of hydrogen-bond acceptors (Lipinski definition) is 3. The average molecular weight is 239 g/mol. The van der Waals surface area contributed by atoms with E-state index >= 15 is 0 Å². The van der Waals surface area contributed by atoms with Gasteiger partial charge in [-0.05, 0) is 24.5 Å². The maximum absolute atomic E-state index is 4.37. The number of aromatic nitrogens is 2. The molecule has 0 aliphatic carbocycles. The van der Waals surface area contributed by atoms with E-state index in [1.54, 1.807) is 0 Å². The topological polar surface area (TPSA) is 29.9 Å². The average Bonchev–Trinajstić information content (AvgIpc) is 2.66. The molecule has 2 heterocycles. The summed E-state index contributed by atoms with van der Waals surface area (Å²) >= 11 is 2.05. The molecule has 0 saturated carbocycles. The van der Waals surface area contributed by atoms with E-state index < -0.39 is 0 Å². The summed E-state index contributed by atoms with van der Waals surface area (Å²) in [4.78, 5) is 0. The molecule has 1 aromatic heterocycles. The van der Waals surface area contributed by atoms with Gasteiger partial charge in [0.15, 0.2) is 0 Å². The first-order valence-electron chi connectivity index (χ1n) is 6.12. The van der Waals surface area contributed by atoms with Crippen molar-refractivity contribution in [2.24, 2.45) is 5.92 Å². The van der Waals surface area contributed by atoms with Crippen LogP contribution in [0.15, 0.2) is 12.3 Å². The number of thioether (sulfide) groups is 1. The molecule has 0 spiro atoms. The van der Waals surface area contributed by atoms with Gasteiger partial charge >= 0.3 is 0 Å². The molecule has 16 heavy (non-hydrogen) atoms. The lowest BCUT2D eigenvalue weighted by molar-refractivity contribution is 0.484. The number of nitrogens with zero attached hydrogens (tertiary/aromatic N) is 2. The minimum atomic E-state index is 0.626. The molecule has 1 atom stereocenters. The zero-order valence-corrected chi connectivity index (χ0v) is 11.0. The van der Waals surface area contributed by atoms with Crippen LogP contribution in [0.3, 0.4) is 0 Å². The Bertz CT molecular complexity index is 316. The van der Waals surface area contributed by atoms with Gasteiger partial charge in [0.1, 0.15) is 5.82 Å². The Morgan fingerprint density at radius 3 is 3.19 bits per heavy atom. The van der Waals surface area contributed by atoms with Crippen LogP contribution >= 0.6 is 11.8 Å². The molecular weight excluding hydrogens is 218 g/mol. The van der Waals surface area contributed by atoms with Crippen LogP contribution < -0.4 is 5.32 Å². The predicted octanol–water partition coefficient (Wildman–Crippen LogP) is 2.85. The zero-order chi connectivity index (χ0) is 11.4. The Morgan fingerprint density at radius 1 is 1.62 bits per heavy atom. The quantitative estimate of drug-likeness (QED) is 0.876. The van der Waals surface area contributed by atoms with Gasteiger partial charge < -0.3 is 5.32 Å². The van der Waals surface area contributed by atoms with Gasteiger partial charge in [-0.3, -0.25) is 0 Å². The molecular formula is C12H21N3S. The Labute approximate surface area is 102 Å². The summed E-state index contributed by atoms with van der Waals surface area (Å²) in [7, 11) is 0. The van der Waals surface area contributed by atoms with Crippen molar-refractivity contribution >= 4 is 17.6 Å². The van der Waals surface area contributed by atoms with Crippen molar-refractivity contribution in [2.75, 3.05) is 16.8 Å². The number of hydrogen-bond donors (Lipinski definition) is 1. The largest absolute Gasteiger partial charge is 0.367 e. The third kappa shape index (κ3) is 3.17. The fraction of sp³-hybridized carbons (Fsp3) is 0.750. The van der Waals surface area contributed by atoms with E-state index in [9.17, 15) is 0 Å². The monoisotopic (exact) mass is 239 g/mol. The van der Waals surface area contributed by atoms with Crippen molar-refractivity contribution in [1.82, 2.24) is 9.78 Å². The minimum Gasteiger partial charge on any atom is -0.367 e. The van der Waals surface area contributed by atoms with Gasteiger partial charge in [-0.15, -0.1) is 0 Å². The third-order valence-electron chi connectivity index (χ3n) is 2.77. The van der Waals surface area contributed by atoms with Gasteiger partial charge in [0.2, 0.25) is 0 Å². The lowest BCUT2D eigenvalue weighted by atomic mass is 10.2. The number of rotatable bonds is 4. The second-order valence-corrected chi connectivity index (χ2v) is 6.00. The summed E-state index contributed by atoms with van der Waals surface area (Å²) in [6.07, 6.45) is 4.52. The molecule has 1 aliphatic rings. The van der Waals surface area contributed by atoms with Gasteiger partial charge in [-0.2, -0.15) is 16.9 Å². The van der Waals surface area contributed by atoms with Crippen LogP contribution in [0.1, 0.15) is 26.7 Å². The Hall–Kier alpha value is -0.640. The summed E-state index contributed by atoms with van der Waals surface area (Å²) in [6.45, 7) is 5.44. The van der Waals surface area contributed by atoms with Crippen molar-refractivity contribution in [1.29, 1.82) is 0 Å². The van der Waals surface area contributed by atoms with Crippen molar-refractivity contribution < 1.29 is 0 Å². The molecule has 1 fully saturated rings. The highest BCUT2D eigenvalue weighted by Crippen LogP contribution is 2.21. The van der Waals surface area contributed by atoms with E-state index in [4.69, 9.17) is 0 Å². The molecule has 3 nitrogen and oxygen atoms in total. The Balaban J connectivity index is 1.94. The first-order chi connectivity index (χ1) is 7.75. The van der Waals surface area contributed by atoms with Crippen molar-refractivity contribution in [3.63, 3.8) is 0 Å². The number of nitrogens with one attached hydrogen (secondary N) is 1. The maximum Gasteiger partial charge on any atom is 0.124 e. The Morgan fingerprint density at radius 2 is 2.50 bits per heavy atom. The summed E-state index contributed by atoms with van der Waals surface area (Å²) in [5.41, 5.74) is 0. The second-order valence-electron chi connectivity index (χ2n) is 4.85. The standard InChI is InChI=1S/C12H21N3S/c1-10(2)8-15-12(5-6-13-15)14-11-4-3-7-16-9-11/h5-6,10-11,14H,3-4,7-9H2,1-2H3/t11-/m1/s1. The lowest BCUT2D eigenvalue weighted by Gasteiger charge is -2.24. The summed E-state index contributed by atoms with van der Waals surface area (Å²) in [5, 5.41) is 7.98. The van der Waals surface area contributed by atoms with Gasteiger partial charge in [0, 0.05) is 24.4 Å². The molecule has 90 valence electrons. The van der Waals surface area contributed by atoms with Crippen LogP contribution in [0.4, 0.5) is 5.82 Å². The fourth-order valence-electron chi connectivity index (χ4n) is 2.01. The first kappa shape index (κ1) is 11.8. The van der Waals surface area contributed by atoms with Crippen molar-refractivity contribution in [3.05, 3.63) is 12.3 Å². The van der Waals surface area contributed by atoms with Crippen molar-refractivity contribution in [2.45, 2.75) is 39.3 Å². The summed E-state index contributed by atoms with van der Waals surface area (Å²) < 4.78 is 2.09. The molecule has 1 aromatic rings. The van der Waals surface area contributed by atoms with Crippen LogP contribution in [0.5, 0.6) is 0 Å². The van der Waals surface area contributed by atoms with E-state index in [1.165, 1.54) is 30.2 Å². The smallest absolute Gasteiger partial charge is 0.124 e. The molecule has 1 aliphatic heterocycles. The van der Waals surface area contributed by atoms with E-state index in [0.29, 0.717) is 12.0 Å². The van der Waals surface area contributed by atoms with Gasteiger partial charge in [-0.25, -0.2) is 4.68 Å². The highest BCUT2D eigenvalue weighted by atomic mass is 32.2. The fourth-order valence-corrected chi connectivity index (χ4v) is 3.08. The lowest BCUT2D eigenvalue weighted by Crippen LogP contribution is -2.27. The SMILES string of the molecule is CC(C)Cn1nccc1N[C@@H]1CCCSC1. The highest BCUT2D eigenvalue weighted by molar-refractivity contribution is 7.99. The molecule has 2 rings (SSSR count). The first-order valence-corrected chi connectivity index (χ1v) is 7.27. The van der Waals surface area contributed by atoms with Gasteiger partial charge in [-0.1, -0.05) is 13.8 Å². The molecule has 4 heteroatoms. The number of anilines is 1. The summed E-state index contributed by atoms with van der Waals surface area (Å²) in [5.74, 6) is 4.37. The van der Waals surface area contributed by atoms with E-state index in [0.717, 1.165) is 6.54 Å². The summed E-state index contributed by atoms with van der Waals surface area (Å²) in [6, 6.07) is 2.71. The van der Waals surface area contributed by atoms with Gasteiger partial charge in [0.05, 0.1) is 6.20 Å². The van der Waals surface area contributed by atoms with Crippen LogP contribution in [0.25, 0.3) is 0 Å².